The van der Waals surface area contributed by atoms with E-state index in [9.17, 15) is 4.79 Å². The minimum absolute atomic E-state index is 0.0602. The van der Waals surface area contributed by atoms with Crippen molar-refractivity contribution >= 4 is 11.4 Å². The number of aromatic nitrogens is 1. The van der Waals surface area contributed by atoms with Gasteiger partial charge in [0.05, 0.1) is 0 Å². The van der Waals surface area contributed by atoms with Gasteiger partial charge < -0.3 is 0 Å². The van der Waals surface area contributed by atoms with Crippen LogP contribution in [0.1, 0.15) is 24.5 Å². The van der Waals surface area contributed by atoms with Gasteiger partial charge in [0.2, 0.25) is 0 Å². The molecule has 2 rings (SSSR count). The molecular formula is C14H15NO. The van der Waals surface area contributed by atoms with Gasteiger partial charge in [-0.1, -0.05) is 13.5 Å². The molecule has 1 aliphatic rings. The first-order chi connectivity index (χ1) is 7.59. The quantitative estimate of drug-likeness (QED) is 0.671. The molecule has 1 aromatic rings. The first kappa shape index (κ1) is 10.8. The van der Waals surface area contributed by atoms with Gasteiger partial charge in [0.1, 0.15) is 0 Å². The monoisotopic (exact) mass is 213 g/mol. The van der Waals surface area contributed by atoms with Crippen LogP contribution >= 0.6 is 0 Å². The zero-order valence-corrected chi connectivity index (χ0v) is 9.66. The number of rotatable bonds is 1. The maximum absolute atomic E-state index is 11.7. The first-order valence-electron chi connectivity index (χ1n) is 5.44. The third-order valence-electron chi connectivity index (χ3n) is 3.11. The maximum atomic E-state index is 11.7. The molecule has 0 saturated carbocycles. The summed E-state index contributed by atoms with van der Waals surface area (Å²) in [5.74, 6) is 0.296. The summed E-state index contributed by atoms with van der Waals surface area (Å²) >= 11 is 0. The van der Waals surface area contributed by atoms with Crippen LogP contribution in [0.2, 0.25) is 0 Å². The van der Waals surface area contributed by atoms with Crippen molar-refractivity contribution in [2.24, 2.45) is 5.92 Å². The van der Waals surface area contributed by atoms with Gasteiger partial charge in [-0.05, 0) is 53.7 Å². The highest BCUT2D eigenvalue weighted by Gasteiger charge is 2.22. The first-order valence-corrected chi connectivity index (χ1v) is 5.44. The Morgan fingerprint density at radius 2 is 2.25 bits per heavy atom. The number of nitrogens with zero attached hydrogens (tertiary/aromatic N) is 1. The van der Waals surface area contributed by atoms with Gasteiger partial charge in [-0.25, -0.2) is 0 Å². The van der Waals surface area contributed by atoms with Crippen molar-refractivity contribution in [2.75, 3.05) is 0 Å². The molecule has 2 heteroatoms. The lowest BCUT2D eigenvalue weighted by atomic mass is 9.82. The molecule has 0 spiro atoms. The van der Waals surface area contributed by atoms with Crippen LogP contribution in [0.4, 0.5) is 0 Å². The summed E-state index contributed by atoms with van der Waals surface area (Å²) in [5, 5.41) is 0. The van der Waals surface area contributed by atoms with Crippen molar-refractivity contribution in [3.05, 3.63) is 47.8 Å². The average molecular weight is 213 g/mol. The standard InChI is InChI=1S/C14H15NO/c1-9-6-12(7-14(16)11(9)3)13-4-5-15-8-10(13)2/h4-5,7-9H,3,6H2,1-2H3/t9-/m0/s1. The smallest absolute Gasteiger partial charge is 0.181 e. The zero-order valence-electron chi connectivity index (χ0n) is 9.66. The zero-order chi connectivity index (χ0) is 11.7. The Balaban J connectivity index is 2.44. The summed E-state index contributed by atoms with van der Waals surface area (Å²) in [5.41, 5.74) is 4.06. The van der Waals surface area contributed by atoms with Crippen LogP contribution in [-0.4, -0.2) is 10.8 Å². The van der Waals surface area contributed by atoms with Crippen LogP contribution in [-0.2, 0) is 4.79 Å². The Labute approximate surface area is 95.7 Å². The molecule has 0 radical (unpaired) electrons. The van der Waals surface area contributed by atoms with Crippen LogP contribution in [0.25, 0.3) is 5.57 Å². The van der Waals surface area contributed by atoms with E-state index in [1.807, 2.05) is 26.1 Å². The Kier molecular flexibility index (Phi) is 2.73. The number of pyridine rings is 1. The van der Waals surface area contributed by atoms with Crippen molar-refractivity contribution in [3.8, 4) is 0 Å². The fraction of sp³-hybridized carbons (Fsp3) is 0.286. The van der Waals surface area contributed by atoms with E-state index in [2.05, 4.69) is 11.6 Å². The van der Waals surface area contributed by atoms with Crippen LogP contribution in [0.3, 0.4) is 0 Å². The lowest BCUT2D eigenvalue weighted by Crippen LogP contribution is -2.14. The number of allylic oxidation sites excluding steroid dienone is 3. The van der Waals surface area contributed by atoms with Crippen molar-refractivity contribution in [3.63, 3.8) is 0 Å². The summed E-state index contributed by atoms with van der Waals surface area (Å²) in [4.78, 5) is 15.8. The third kappa shape index (κ3) is 1.83. The van der Waals surface area contributed by atoms with E-state index in [0.29, 0.717) is 0 Å². The fourth-order valence-electron chi connectivity index (χ4n) is 2.03. The molecule has 1 atom stereocenters. The Morgan fingerprint density at radius 3 is 2.88 bits per heavy atom. The molecule has 2 nitrogen and oxygen atoms in total. The molecule has 1 heterocycles. The number of hydrogen-bond acceptors (Lipinski definition) is 2. The lowest BCUT2D eigenvalue weighted by molar-refractivity contribution is -0.111. The van der Waals surface area contributed by atoms with Crippen molar-refractivity contribution < 1.29 is 4.79 Å². The summed E-state index contributed by atoms with van der Waals surface area (Å²) in [6.07, 6.45) is 6.19. The van der Waals surface area contributed by atoms with Crippen molar-refractivity contribution in [1.82, 2.24) is 4.98 Å². The maximum Gasteiger partial charge on any atom is 0.181 e. The van der Waals surface area contributed by atoms with Gasteiger partial charge in [-0.3, -0.25) is 9.78 Å². The van der Waals surface area contributed by atoms with Gasteiger partial charge >= 0.3 is 0 Å². The molecule has 0 saturated heterocycles. The fourth-order valence-corrected chi connectivity index (χ4v) is 2.03. The van der Waals surface area contributed by atoms with E-state index >= 15 is 0 Å². The predicted molar refractivity (Wildman–Crippen MR) is 64.9 cm³/mol. The molecule has 82 valence electrons. The van der Waals surface area contributed by atoms with E-state index < -0.39 is 0 Å². The van der Waals surface area contributed by atoms with Gasteiger partial charge in [0, 0.05) is 12.4 Å². The van der Waals surface area contributed by atoms with Crippen molar-refractivity contribution in [1.29, 1.82) is 0 Å². The van der Waals surface area contributed by atoms with E-state index in [1.165, 1.54) is 0 Å². The SMILES string of the molecule is C=C1C(=O)C=C(c2ccncc2C)C[C@@H]1C. The molecule has 0 bridgehead atoms. The number of ketones is 1. The van der Waals surface area contributed by atoms with Crippen LogP contribution in [0.5, 0.6) is 0 Å². The second-order valence-electron chi connectivity index (χ2n) is 4.35. The molecule has 1 aromatic heterocycles. The van der Waals surface area contributed by atoms with Crippen LogP contribution in [0, 0.1) is 12.8 Å². The number of carbonyl (C=O) groups is 1. The van der Waals surface area contributed by atoms with Gasteiger partial charge in [-0.2, -0.15) is 0 Å². The summed E-state index contributed by atoms with van der Waals surface area (Å²) in [6.45, 7) is 7.88. The Hall–Kier alpha value is -1.70. The summed E-state index contributed by atoms with van der Waals surface area (Å²) in [6, 6.07) is 1.97. The highest BCUT2D eigenvalue weighted by atomic mass is 16.1. The molecule has 0 fully saturated rings. The average Bonchev–Trinajstić information content (AvgIpc) is 2.26. The third-order valence-corrected chi connectivity index (χ3v) is 3.11. The lowest BCUT2D eigenvalue weighted by Gasteiger charge is -2.21. The second-order valence-corrected chi connectivity index (χ2v) is 4.35. The topological polar surface area (TPSA) is 30.0 Å². The Morgan fingerprint density at radius 1 is 1.50 bits per heavy atom. The normalized spacial score (nSPS) is 20.9. The summed E-state index contributed by atoms with van der Waals surface area (Å²) < 4.78 is 0. The molecule has 0 N–H and O–H groups in total. The number of hydrogen-bond donors (Lipinski definition) is 0. The number of carbonyl (C=O) groups excluding carboxylic acids is 1. The van der Waals surface area contributed by atoms with Crippen LogP contribution in [0.15, 0.2) is 36.7 Å². The minimum Gasteiger partial charge on any atom is -0.290 e. The van der Waals surface area contributed by atoms with Crippen molar-refractivity contribution in [2.45, 2.75) is 20.3 Å². The van der Waals surface area contributed by atoms with Crippen LogP contribution < -0.4 is 0 Å². The van der Waals surface area contributed by atoms with Gasteiger partial charge in [-0.15, -0.1) is 0 Å². The molecule has 16 heavy (non-hydrogen) atoms. The molecule has 0 aromatic carbocycles. The predicted octanol–water partition coefficient (Wildman–Crippen LogP) is 2.94. The minimum atomic E-state index is 0.0602. The van der Waals surface area contributed by atoms with E-state index in [4.69, 9.17) is 0 Å². The molecule has 0 aliphatic heterocycles. The Bertz CT molecular complexity index is 485. The molecule has 1 aliphatic carbocycles. The summed E-state index contributed by atoms with van der Waals surface area (Å²) in [7, 11) is 0. The molecule has 0 unspecified atom stereocenters. The van der Waals surface area contributed by atoms with Gasteiger partial charge in [0.25, 0.3) is 0 Å². The molecule has 0 amide bonds. The van der Waals surface area contributed by atoms with E-state index in [0.717, 1.165) is 28.7 Å². The van der Waals surface area contributed by atoms with E-state index in [1.54, 1.807) is 12.3 Å². The van der Waals surface area contributed by atoms with Gasteiger partial charge in [0.15, 0.2) is 5.78 Å². The largest absolute Gasteiger partial charge is 0.290 e. The second kappa shape index (κ2) is 4.05. The highest BCUT2D eigenvalue weighted by molar-refractivity contribution is 6.10. The number of aryl methyl sites for hydroxylation is 1. The molecular weight excluding hydrogens is 198 g/mol. The highest BCUT2D eigenvalue weighted by Crippen LogP contribution is 2.32. The van der Waals surface area contributed by atoms with E-state index in [-0.39, 0.29) is 11.7 Å².